The molecule has 3 aliphatic heterocycles. The number of nitrogens with zero attached hydrogens (tertiary/aromatic N) is 2. The highest BCUT2D eigenvalue weighted by atomic mass is 16.7. The Morgan fingerprint density at radius 2 is 1.58 bits per heavy atom. The van der Waals surface area contributed by atoms with Crippen LogP contribution in [0.4, 0.5) is 0 Å². The van der Waals surface area contributed by atoms with Gasteiger partial charge in [-0.25, -0.2) is 0 Å². The summed E-state index contributed by atoms with van der Waals surface area (Å²) in [6.45, 7) is 13.4. The van der Waals surface area contributed by atoms with Crippen LogP contribution in [-0.2, 0) is 46.3 Å². The van der Waals surface area contributed by atoms with Gasteiger partial charge in [-0.15, -0.1) is 0 Å². The van der Waals surface area contributed by atoms with Gasteiger partial charge in [0.2, 0.25) is 11.8 Å². The van der Waals surface area contributed by atoms with Crippen LogP contribution in [0, 0.1) is 17.8 Å². The van der Waals surface area contributed by atoms with Gasteiger partial charge in [-0.3, -0.25) is 9.59 Å². The van der Waals surface area contributed by atoms with E-state index >= 15 is 0 Å². The van der Waals surface area contributed by atoms with Gasteiger partial charge in [0.1, 0.15) is 30.6 Å². The van der Waals surface area contributed by atoms with Crippen molar-refractivity contribution in [1.82, 2.24) is 15.1 Å². The lowest BCUT2D eigenvalue weighted by atomic mass is 9.77. The minimum atomic E-state index is -1.56. The van der Waals surface area contributed by atoms with Crippen LogP contribution in [0.1, 0.15) is 78.9 Å². The smallest absolute Gasteiger partial charge is 0.245 e. The molecule has 0 spiro atoms. The molecule has 3 fully saturated rings. The number of methoxy groups -OCH3 is 1. The minimum absolute atomic E-state index is 0.148. The van der Waals surface area contributed by atoms with Crippen LogP contribution >= 0.6 is 0 Å². The van der Waals surface area contributed by atoms with Crippen LogP contribution in [-0.4, -0.2) is 144 Å². The maximum Gasteiger partial charge on any atom is 0.245 e. The molecular weight excluding hydrogens is 771 g/mol. The summed E-state index contributed by atoms with van der Waals surface area (Å²) < 4.78 is 37.8. The van der Waals surface area contributed by atoms with E-state index in [4.69, 9.17) is 28.4 Å². The largest absolute Gasteiger partial charge is 0.489 e. The molecule has 60 heavy (non-hydrogen) atoms. The number of hydrogen-bond donors (Lipinski definition) is 4. The number of carbonyl (C=O) groups is 2. The highest BCUT2D eigenvalue weighted by Crippen LogP contribution is 2.39. The number of aliphatic hydroxyl groups is 3. The average molecular weight is 842 g/mol. The first-order valence-corrected chi connectivity index (χ1v) is 21.5. The Labute approximate surface area is 356 Å². The van der Waals surface area contributed by atoms with Crippen LogP contribution in [0.25, 0.3) is 0 Å². The molecule has 2 aromatic carbocycles. The molecule has 14 heteroatoms. The Morgan fingerprint density at radius 1 is 0.917 bits per heavy atom. The first kappa shape index (κ1) is 47.9. The number of hydrogen-bond acceptors (Lipinski definition) is 12. The van der Waals surface area contributed by atoms with Crippen molar-refractivity contribution >= 4 is 11.8 Å². The van der Waals surface area contributed by atoms with Gasteiger partial charge in [-0.05, 0) is 83.8 Å². The van der Waals surface area contributed by atoms with Crippen LogP contribution in [0.3, 0.4) is 0 Å². The summed E-state index contributed by atoms with van der Waals surface area (Å²) >= 11 is 0. The molecular formula is C46H71N3O11. The fourth-order valence-corrected chi connectivity index (χ4v) is 9.34. The van der Waals surface area contributed by atoms with Crippen molar-refractivity contribution in [1.29, 1.82) is 0 Å². The molecule has 3 heterocycles. The molecule has 14 nitrogen and oxygen atoms in total. The van der Waals surface area contributed by atoms with Crippen LogP contribution in [0.5, 0.6) is 5.75 Å². The lowest BCUT2D eigenvalue weighted by Crippen LogP contribution is -2.60. The zero-order valence-electron chi connectivity index (χ0n) is 37.4. The van der Waals surface area contributed by atoms with E-state index in [0.29, 0.717) is 18.8 Å². The zero-order chi connectivity index (χ0) is 44.1. The highest BCUT2D eigenvalue weighted by molar-refractivity contribution is 5.88. The molecule has 0 saturated carbocycles. The molecule has 336 valence electrons. The van der Waals surface area contributed by atoms with Gasteiger partial charge in [-0.2, -0.15) is 0 Å². The van der Waals surface area contributed by atoms with E-state index in [-0.39, 0.29) is 49.8 Å². The van der Waals surface area contributed by atoms with Crippen LogP contribution < -0.4 is 10.1 Å². The number of aliphatic hydroxyl groups excluding tert-OH is 2. The van der Waals surface area contributed by atoms with Gasteiger partial charge >= 0.3 is 0 Å². The maximum atomic E-state index is 14.6. The van der Waals surface area contributed by atoms with E-state index in [0.717, 1.165) is 11.1 Å². The summed E-state index contributed by atoms with van der Waals surface area (Å²) in [4.78, 5) is 32.5. The Bertz CT molecular complexity index is 1680. The fraction of sp³-hybridized carbons (Fsp3) is 0.696. The van der Waals surface area contributed by atoms with Gasteiger partial charge in [-0.1, -0.05) is 63.2 Å². The van der Waals surface area contributed by atoms with Gasteiger partial charge in [0.25, 0.3) is 0 Å². The molecule has 5 rings (SSSR count). The molecule has 0 radical (unpaired) electrons. The average Bonchev–Trinajstić information content (AvgIpc) is 3.20. The molecule has 15 atom stereocenters. The quantitative estimate of drug-likeness (QED) is 0.258. The summed E-state index contributed by atoms with van der Waals surface area (Å²) in [5, 5.41) is 38.2. The number of likely N-dealkylation sites (N-methyl/N-ethyl adjacent to an activating group) is 2. The van der Waals surface area contributed by atoms with Crippen LogP contribution in [0.2, 0.25) is 0 Å². The Morgan fingerprint density at radius 3 is 2.22 bits per heavy atom. The SMILES string of the molecule is CO[C@]1(C)C[C@H](O[C@H]2[C@H](C)[C@@H](O[C@@H]3O[C@H](C)CC(N(C)C)[C@H]3O)[C@](C)(O)C[C@@H](C)CN(C)C(=O)[C@H](Cc3ccc(OCc4ccccc4)cc3)NC(=O)[C@@H]2C)O[C@@H](C)[C@@H]1O. The maximum absolute atomic E-state index is 14.6. The van der Waals surface area contributed by atoms with Crippen molar-refractivity contribution in [2.45, 2.75) is 153 Å². The van der Waals surface area contributed by atoms with E-state index in [9.17, 15) is 24.9 Å². The van der Waals surface area contributed by atoms with Gasteiger partial charge in [0, 0.05) is 45.5 Å². The van der Waals surface area contributed by atoms with Gasteiger partial charge in [0.15, 0.2) is 12.6 Å². The van der Waals surface area contributed by atoms with Crippen molar-refractivity contribution in [2.24, 2.45) is 17.8 Å². The Hall–Kier alpha value is -3.18. The fourth-order valence-electron chi connectivity index (χ4n) is 9.34. The number of benzene rings is 2. The zero-order valence-corrected chi connectivity index (χ0v) is 37.4. The normalized spacial score (nSPS) is 38.7. The van der Waals surface area contributed by atoms with E-state index < -0.39 is 78.1 Å². The summed E-state index contributed by atoms with van der Waals surface area (Å²) in [5.74, 6) is -1.89. The third kappa shape index (κ3) is 11.6. The number of carbonyl (C=O) groups excluding carboxylic acids is 2. The summed E-state index contributed by atoms with van der Waals surface area (Å²) in [6.07, 6.45) is -5.76. The van der Waals surface area contributed by atoms with Crippen LogP contribution in [0.15, 0.2) is 54.6 Å². The molecule has 2 amide bonds. The molecule has 4 N–H and O–H groups in total. The van der Waals surface area contributed by atoms with Crippen molar-refractivity contribution < 1.29 is 53.3 Å². The molecule has 2 aromatic rings. The number of nitrogens with one attached hydrogen (secondary N) is 1. The lowest BCUT2D eigenvalue weighted by molar-refractivity contribution is -0.317. The predicted molar refractivity (Wildman–Crippen MR) is 226 cm³/mol. The summed E-state index contributed by atoms with van der Waals surface area (Å²) in [7, 11) is 7.01. The molecule has 0 aromatic heterocycles. The van der Waals surface area contributed by atoms with Gasteiger partial charge < -0.3 is 58.9 Å². The molecule has 0 bridgehead atoms. The van der Waals surface area contributed by atoms with E-state index in [2.05, 4.69) is 5.32 Å². The third-order valence-electron chi connectivity index (χ3n) is 12.8. The standard InChI is InChI=1S/C46H71N3O11/c1-27-23-45(6,54)41(60-44-38(50)36(48(8)9)21-28(2)57-44)29(3)39(59-37-24-46(7,55-11)40(51)31(5)58-37)30(4)42(52)47-35(43(53)49(10)25-27)22-32-17-19-34(20-18-32)56-26-33-15-13-12-14-16-33/h12-20,27-31,35-41,44,50-51,54H,21-26H2,1-11H3,(H,47,52)/t27-,28-,29+,30-,31+,35+,36?,37+,38-,39+,40+,41-,44+,45-,46-/m1/s1. The number of rotatable bonds is 11. The monoisotopic (exact) mass is 842 g/mol. The third-order valence-corrected chi connectivity index (χ3v) is 12.8. The second-order valence-electron chi connectivity index (χ2n) is 18.4. The molecule has 1 unspecified atom stereocenters. The van der Waals surface area contributed by atoms with Crippen molar-refractivity contribution in [2.75, 3.05) is 34.8 Å². The Kier molecular flexibility index (Phi) is 16.2. The topological polar surface area (TPSA) is 169 Å². The number of amides is 2. The van der Waals surface area contributed by atoms with E-state index in [1.165, 1.54) is 7.11 Å². The lowest BCUT2D eigenvalue weighted by Gasteiger charge is -2.48. The van der Waals surface area contributed by atoms with Crippen molar-refractivity contribution in [3.8, 4) is 5.75 Å². The first-order valence-electron chi connectivity index (χ1n) is 21.5. The molecule has 3 aliphatic rings. The second-order valence-corrected chi connectivity index (χ2v) is 18.4. The van der Waals surface area contributed by atoms with Crippen molar-refractivity contribution in [3.63, 3.8) is 0 Å². The second kappa shape index (κ2) is 20.3. The summed E-state index contributed by atoms with van der Waals surface area (Å²) in [6, 6.07) is 16.2. The van der Waals surface area contributed by atoms with E-state index in [1.54, 1.807) is 39.6 Å². The minimum Gasteiger partial charge on any atom is -0.489 e. The van der Waals surface area contributed by atoms with E-state index in [1.807, 2.05) is 94.4 Å². The highest BCUT2D eigenvalue weighted by Gasteiger charge is 2.51. The Balaban J connectivity index is 1.48. The number of ether oxygens (including phenoxy) is 6. The summed E-state index contributed by atoms with van der Waals surface area (Å²) in [5.41, 5.74) is -0.703. The first-order chi connectivity index (χ1) is 28.2. The van der Waals surface area contributed by atoms with Gasteiger partial charge in [0.05, 0.1) is 41.5 Å². The predicted octanol–water partition coefficient (Wildman–Crippen LogP) is 3.91. The molecule has 0 aliphatic carbocycles. The molecule has 3 saturated heterocycles. The van der Waals surface area contributed by atoms with Crippen molar-refractivity contribution in [3.05, 3.63) is 65.7 Å².